The molecule has 2 fully saturated rings. The highest BCUT2D eigenvalue weighted by Crippen LogP contribution is 2.69. The average molecular weight is 239 g/mol. The number of hydrogen-bond donors (Lipinski definition) is 1. The van der Waals surface area contributed by atoms with E-state index in [1.807, 2.05) is 18.7 Å². The fourth-order valence-corrected chi connectivity index (χ4v) is 3.13. The van der Waals surface area contributed by atoms with Crippen molar-refractivity contribution in [3.8, 4) is 0 Å². The van der Waals surface area contributed by atoms with Crippen molar-refractivity contribution in [2.24, 2.45) is 22.7 Å². The minimum atomic E-state index is -0.654. The Hall–Kier alpha value is -0.570. The van der Waals surface area contributed by atoms with Gasteiger partial charge in [0.2, 0.25) is 5.91 Å². The molecule has 1 N–H and O–H groups in total. The molecule has 1 aliphatic heterocycles. The quantitative estimate of drug-likeness (QED) is 0.799. The molecule has 1 aliphatic carbocycles. The minimum absolute atomic E-state index is 0.0929. The molecule has 1 amide bonds. The number of carbonyl (C=O) groups excluding carboxylic acids is 1. The van der Waals surface area contributed by atoms with Crippen LogP contribution in [-0.2, 0) is 4.79 Å². The smallest absolute Gasteiger partial charge is 0.227 e. The number of likely N-dealkylation sites (tertiary alicyclic amines) is 1. The lowest BCUT2D eigenvalue weighted by atomic mass is 9.82. The van der Waals surface area contributed by atoms with Crippen LogP contribution in [0, 0.1) is 22.7 Å². The Balaban J connectivity index is 1.99. The van der Waals surface area contributed by atoms with Crippen molar-refractivity contribution in [1.29, 1.82) is 0 Å². The van der Waals surface area contributed by atoms with Crippen molar-refractivity contribution in [3.63, 3.8) is 0 Å². The highest BCUT2D eigenvalue weighted by molar-refractivity contribution is 5.85. The van der Waals surface area contributed by atoms with Gasteiger partial charge in [0.25, 0.3) is 0 Å². The van der Waals surface area contributed by atoms with E-state index in [0.29, 0.717) is 13.1 Å². The van der Waals surface area contributed by atoms with Crippen molar-refractivity contribution < 1.29 is 9.90 Å². The van der Waals surface area contributed by atoms with Gasteiger partial charge in [-0.25, -0.2) is 0 Å². The van der Waals surface area contributed by atoms with Crippen LogP contribution in [0.4, 0.5) is 0 Å². The summed E-state index contributed by atoms with van der Waals surface area (Å²) in [6.45, 7) is 13.7. The summed E-state index contributed by atoms with van der Waals surface area (Å²) in [6, 6.07) is 0. The Kier molecular flexibility index (Phi) is 2.46. The van der Waals surface area contributed by atoms with E-state index in [4.69, 9.17) is 0 Å². The van der Waals surface area contributed by atoms with Crippen LogP contribution in [0.2, 0.25) is 0 Å². The molecule has 0 aromatic carbocycles. The summed E-state index contributed by atoms with van der Waals surface area (Å²) in [5, 5.41) is 10.2. The maximum atomic E-state index is 12.3. The summed E-state index contributed by atoms with van der Waals surface area (Å²) in [5.41, 5.74) is -0.468. The molecule has 0 aromatic heterocycles. The largest absolute Gasteiger partial charge is 0.386 e. The van der Waals surface area contributed by atoms with Gasteiger partial charge in [-0.2, -0.15) is 0 Å². The highest BCUT2D eigenvalue weighted by Gasteiger charge is 2.69. The predicted octanol–water partition coefficient (Wildman–Crippen LogP) is 1.90. The van der Waals surface area contributed by atoms with E-state index in [-0.39, 0.29) is 28.6 Å². The molecule has 0 bridgehead atoms. The van der Waals surface area contributed by atoms with Gasteiger partial charge >= 0.3 is 0 Å². The van der Waals surface area contributed by atoms with Crippen LogP contribution in [0.5, 0.6) is 0 Å². The number of carbonyl (C=O) groups is 1. The molecule has 0 unspecified atom stereocenters. The fraction of sp³-hybridized carbons (Fsp3) is 0.929. The molecular weight excluding hydrogens is 214 g/mol. The normalized spacial score (nSPS) is 29.1. The van der Waals surface area contributed by atoms with Crippen LogP contribution < -0.4 is 0 Å². The van der Waals surface area contributed by atoms with Gasteiger partial charge < -0.3 is 10.0 Å². The number of nitrogens with zero attached hydrogens (tertiary/aromatic N) is 1. The number of amides is 1. The Morgan fingerprint density at radius 1 is 1.18 bits per heavy atom. The van der Waals surface area contributed by atoms with Crippen molar-refractivity contribution >= 4 is 5.91 Å². The van der Waals surface area contributed by atoms with E-state index in [0.717, 1.165) is 0 Å². The van der Waals surface area contributed by atoms with Crippen molar-refractivity contribution in [3.05, 3.63) is 0 Å². The number of hydrogen-bond acceptors (Lipinski definition) is 2. The maximum Gasteiger partial charge on any atom is 0.227 e. The molecule has 1 heterocycles. The van der Waals surface area contributed by atoms with Crippen LogP contribution in [-0.4, -0.2) is 34.6 Å². The predicted molar refractivity (Wildman–Crippen MR) is 67.4 cm³/mol. The summed E-state index contributed by atoms with van der Waals surface area (Å²) in [6.07, 6.45) is 0. The van der Waals surface area contributed by atoms with Gasteiger partial charge in [0.1, 0.15) is 5.60 Å². The first-order valence-electron chi connectivity index (χ1n) is 6.55. The average Bonchev–Trinajstić information content (AvgIpc) is 2.51. The molecule has 0 aromatic rings. The third-order valence-corrected chi connectivity index (χ3v) is 5.58. The second-order valence-electron chi connectivity index (χ2n) is 7.33. The van der Waals surface area contributed by atoms with E-state index in [1.165, 1.54) is 0 Å². The molecule has 17 heavy (non-hydrogen) atoms. The molecular formula is C14H25NO2. The molecule has 1 saturated heterocycles. The van der Waals surface area contributed by atoms with Crippen LogP contribution in [0.25, 0.3) is 0 Å². The molecule has 1 saturated carbocycles. The van der Waals surface area contributed by atoms with Gasteiger partial charge in [0, 0.05) is 5.92 Å². The highest BCUT2D eigenvalue weighted by atomic mass is 16.3. The standard InChI is InChI=1S/C14H25NO2/c1-9(2)14(17)7-15(8-14)11(16)10-12(3,4)13(10,5)6/h9-10,17H,7-8H2,1-6H3. The zero-order chi connectivity index (χ0) is 13.2. The zero-order valence-corrected chi connectivity index (χ0v) is 11.9. The third kappa shape index (κ3) is 1.55. The first-order chi connectivity index (χ1) is 7.54. The summed E-state index contributed by atoms with van der Waals surface area (Å²) in [4.78, 5) is 14.2. The monoisotopic (exact) mass is 239 g/mol. The molecule has 0 spiro atoms. The summed E-state index contributed by atoms with van der Waals surface area (Å²) in [5.74, 6) is 0.559. The molecule has 0 radical (unpaired) electrons. The van der Waals surface area contributed by atoms with Crippen molar-refractivity contribution in [1.82, 2.24) is 4.90 Å². The number of aliphatic hydroxyl groups is 1. The van der Waals surface area contributed by atoms with Crippen LogP contribution in [0.1, 0.15) is 41.5 Å². The molecule has 3 heteroatoms. The Labute approximate surface area is 104 Å². The second kappa shape index (κ2) is 3.25. The van der Waals surface area contributed by atoms with Gasteiger partial charge in [-0.05, 0) is 16.7 Å². The zero-order valence-electron chi connectivity index (χ0n) is 11.9. The first-order valence-corrected chi connectivity index (χ1v) is 6.55. The Morgan fingerprint density at radius 3 is 1.88 bits per heavy atom. The van der Waals surface area contributed by atoms with Crippen molar-refractivity contribution in [2.45, 2.75) is 47.1 Å². The van der Waals surface area contributed by atoms with Crippen molar-refractivity contribution in [2.75, 3.05) is 13.1 Å². The molecule has 3 nitrogen and oxygen atoms in total. The van der Waals surface area contributed by atoms with Crippen LogP contribution in [0.3, 0.4) is 0 Å². The minimum Gasteiger partial charge on any atom is -0.386 e. The van der Waals surface area contributed by atoms with Crippen LogP contribution in [0.15, 0.2) is 0 Å². The lowest BCUT2D eigenvalue weighted by Gasteiger charge is -2.49. The van der Waals surface area contributed by atoms with E-state index in [9.17, 15) is 9.90 Å². The maximum absolute atomic E-state index is 12.3. The molecule has 2 rings (SSSR count). The van der Waals surface area contributed by atoms with Gasteiger partial charge in [0.05, 0.1) is 13.1 Å². The van der Waals surface area contributed by atoms with Gasteiger partial charge in [-0.15, -0.1) is 0 Å². The van der Waals surface area contributed by atoms with E-state index in [2.05, 4.69) is 27.7 Å². The topological polar surface area (TPSA) is 40.5 Å². The van der Waals surface area contributed by atoms with E-state index < -0.39 is 5.60 Å². The number of β-amino-alcohol motifs (C(OH)–C–C–N with tert-alkyl or cyclic N) is 1. The lowest BCUT2D eigenvalue weighted by Crippen LogP contribution is -2.66. The van der Waals surface area contributed by atoms with Gasteiger partial charge in [-0.1, -0.05) is 41.5 Å². The molecule has 0 atom stereocenters. The second-order valence-corrected chi connectivity index (χ2v) is 7.33. The molecule has 98 valence electrons. The third-order valence-electron chi connectivity index (χ3n) is 5.58. The summed E-state index contributed by atoms with van der Waals surface area (Å²) in [7, 11) is 0. The number of rotatable bonds is 2. The summed E-state index contributed by atoms with van der Waals surface area (Å²) < 4.78 is 0. The van der Waals surface area contributed by atoms with E-state index >= 15 is 0 Å². The van der Waals surface area contributed by atoms with Gasteiger partial charge in [0.15, 0.2) is 0 Å². The Morgan fingerprint density at radius 2 is 1.59 bits per heavy atom. The fourth-order valence-electron chi connectivity index (χ4n) is 3.13. The summed E-state index contributed by atoms with van der Waals surface area (Å²) >= 11 is 0. The van der Waals surface area contributed by atoms with E-state index in [1.54, 1.807) is 0 Å². The lowest BCUT2D eigenvalue weighted by molar-refractivity contribution is -0.166. The molecule has 2 aliphatic rings. The van der Waals surface area contributed by atoms with Gasteiger partial charge in [-0.3, -0.25) is 4.79 Å². The first kappa shape index (κ1) is 12.9. The Bertz CT molecular complexity index is 337. The SMILES string of the molecule is CC(C)C1(O)CN(C(=O)C2C(C)(C)C2(C)C)C1. The van der Waals surface area contributed by atoms with Crippen LogP contribution >= 0.6 is 0 Å².